The number of halogens is 3. The molecule has 0 radical (unpaired) electrons. The molecule has 1 saturated carbocycles. The van der Waals surface area contributed by atoms with Crippen LogP contribution in [0.15, 0.2) is 23.0 Å². The van der Waals surface area contributed by atoms with Gasteiger partial charge in [-0.2, -0.15) is 13.2 Å². The highest BCUT2D eigenvalue weighted by Crippen LogP contribution is 2.33. The SMILES string of the molecule is CC(C)C(=O)[C@@H]1[C@H](C)CCN1C(=O)CNC(=O)OC1CCC[C@H]1CCCCCc1nc2ccc(OCC(F)(F)F)cc2[nH]c1=O. The first-order valence-corrected chi connectivity index (χ1v) is 15.8. The number of likely N-dealkylation sites (tertiary alicyclic amines) is 1. The number of carbonyl (C=O) groups is 3. The van der Waals surface area contributed by atoms with Crippen LogP contribution in [0.4, 0.5) is 18.0 Å². The van der Waals surface area contributed by atoms with Gasteiger partial charge in [0.15, 0.2) is 12.4 Å². The van der Waals surface area contributed by atoms with Crippen LogP contribution in [0.1, 0.15) is 77.8 Å². The van der Waals surface area contributed by atoms with Crippen LogP contribution in [0.5, 0.6) is 5.75 Å². The lowest BCUT2D eigenvalue weighted by molar-refractivity contribution is -0.153. The van der Waals surface area contributed by atoms with Crippen molar-refractivity contribution in [1.29, 1.82) is 0 Å². The lowest BCUT2D eigenvalue weighted by Crippen LogP contribution is -2.48. The Balaban J connectivity index is 1.18. The summed E-state index contributed by atoms with van der Waals surface area (Å²) in [7, 11) is 0. The number of amides is 2. The minimum Gasteiger partial charge on any atom is -0.484 e. The summed E-state index contributed by atoms with van der Waals surface area (Å²) >= 11 is 0. The number of nitrogens with zero attached hydrogens (tertiary/aromatic N) is 2. The molecule has 1 aromatic carbocycles. The Morgan fingerprint density at radius 1 is 1.13 bits per heavy atom. The van der Waals surface area contributed by atoms with Gasteiger partial charge in [-0.05, 0) is 68.9 Å². The van der Waals surface area contributed by atoms with Gasteiger partial charge in [-0.3, -0.25) is 14.4 Å². The number of hydrogen-bond donors (Lipinski definition) is 2. The van der Waals surface area contributed by atoms with Gasteiger partial charge in [0.05, 0.1) is 17.1 Å². The molecule has 4 atom stereocenters. The number of aromatic nitrogens is 2. The summed E-state index contributed by atoms with van der Waals surface area (Å²) in [6.07, 6.45) is 1.88. The van der Waals surface area contributed by atoms with Gasteiger partial charge in [-0.15, -0.1) is 0 Å². The minimum absolute atomic E-state index is 0.00475. The van der Waals surface area contributed by atoms with Crippen LogP contribution >= 0.6 is 0 Å². The average Bonchev–Trinajstić information content (AvgIpc) is 3.59. The molecule has 0 bridgehead atoms. The number of aromatic amines is 1. The molecule has 1 saturated heterocycles. The van der Waals surface area contributed by atoms with E-state index in [9.17, 15) is 32.3 Å². The van der Waals surface area contributed by atoms with Gasteiger partial charge in [-0.1, -0.05) is 33.6 Å². The number of fused-ring (bicyclic) bond motifs is 1. The molecule has 2 aliphatic rings. The van der Waals surface area contributed by atoms with E-state index in [1.165, 1.54) is 18.2 Å². The Labute approximate surface area is 260 Å². The molecule has 2 amide bonds. The smallest absolute Gasteiger partial charge is 0.422 e. The first-order valence-electron chi connectivity index (χ1n) is 15.8. The number of hydrogen-bond acceptors (Lipinski definition) is 7. The third-order valence-electron chi connectivity index (χ3n) is 8.74. The van der Waals surface area contributed by atoms with Crippen LogP contribution < -0.4 is 15.6 Å². The fourth-order valence-corrected chi connectivity index (χ4v) is 6.32. The molecule has 13 heteroatoms. The van der Waals surface area contributed by atoms with Crippen molar-refractivity contribution in [3.05, 3.63) is 34.2 Å². The Kier molecular flexibility index (Phi) is 11.5. The number of H-pyrrole nitrogens is 1. The topological polar surface area (TPSA) is 131 Å². The minimum atomic E-state index is -4.46. The Morgan fingerprint density at radius 3 is 2.64 bits per heavy atom. The molecular weight excluding hydrogens is 593 g/mol. The molecule has 1 aliphatic heterocycles. The van der Waals surface area contributed by atoms with Crippen molar-refractivity contribution < 1.29 is 37.0 Å². The van der Waals surface area contributed by atoms with Gasteiger partial charge < -0.3 is 24.7 Å². The van der Waals surface area contributed by atoms with Crippen molar-refractivity contribution in [3.63, 3.8) is 0 Å². The second kappa shape index (κ2) is 15.1. The number of rotatable bonds is 13. The maximum Gasteiger partial charge on any atom is 0.422 e. The van der Waals surface area contributed by atoms with E-state index in [2.05, 4.69) is 15.3 Å². The average molecular weight is 637 g/mol. The number of unbranched alkanes of at least 4 members (excludes halogenated alkanes) is 2. The van der Waals surface area contributed by atoms with E-state index < -0.39 is 24.9 Å². The summed E-state index contributed by atoms with van der Waals surface area (Å²) < 4.78 is 47.7. The third kappa shape index (κ3) is 9.43. The van der Waals surface area contributed by atoms with Gasteiger partial charge in [0.25, 0.3) is 5.56 Å². The second-order valence-corrected chi connectivity index (χ2v) is 12.5. The van der Waals surface area contributed by atoms with Gasteiger partial charge in [0.2, 0.25) is 5.91 Å². The highest BCUT2D eigenvalue weighted by atomic mass is 19.4. The van der Waals surface area contributed by atoms with E-state index in [1.807, 2.05) is 20.8 Å². The van der Waals surface area contributed by atoms with Crippen molar-refractivity contribution in [3.8, 4) is 5.75 Å². The molecule has 0 spiro atoms. The van der Waals surface area contributed by atoms with Crippen molar-refractivity contribution >= 4 is 28.8 Å². The first-order chi connectivity index (χ1) is 21.3. The summed E-state index contributed by atoms with van der Waals surface area (Å²) in [5.74, 6) is -0.108. The van der Waals surface area contributed by atoms with E-state index in [1.54, 1.807) is 4.90 Å². The molecule has 10 nitrogen and oxygen atoms in total. The summed E-state index contributed by atoms with van der Waals surface area (Å²) in [6.45, 7) is 4.50. The summed E-state index contributed by atoms with van der Waals surface area (Å²) in [6, 6.07) is 3.79. The molecule has 2 N–H and O–H groups in total. The van der Waals surface area contributed by atoms with Gasteiger partial charge in [-0.25, -0.2) is 9.78 Å². The number of Topliss-reactive ketones (excluding diaryl/α,β-unsaturated/α-hetero) is 1. The van der Waals surface area contributed by atoms with E-state index in [0.29, 0.717) is 29.7 Å². The van der Waals surface area contributed by atoms with Gasteiger partial charge in [0.1, 0.15) is 24.1 Å². The van der Waals surface area contributed by atoms with Crippen LogP contribution in [0.25, 0.3) is 11.0 Å². The number of alkyl carbamates (subject to hydrolysis) is 1. The first kappa shape index (κ1) is 34.2. The normalized spacial score (nSPS) is 21.8. The summed E-state index contributed by atoms with van der Waals surface area (Å²) in [5.41, 5.74) is 0.752. The van der Waals surface area contributed by atoms with E-state index in [0.717, 1.165) is 51.4 Å². The predicted molar refractivity (Wildman–Crippen MR) is 161 cm³/mol. The van der Waals surface area contributed by atoms with Crippen molar-refractivity contribution in [2.45, 2.75) is 96.9 Å². The monoisotopic (exact) mass is 636 g/mol. The quantitative estimate of drug-likeness (QED) is 0.285. The van der Waals surface area contributed by atoms with E-state index in [4.69, 9.17) is 9.47 Å². The zero-order chi connectivity index (χ0) is 32.7. The highest BCUT2D eigenvalue weighted by molar-refractivity contribution is 5.92. The lowest BCUT2D eigenvalue weighted by Gasteiger charge is -2.27. The molecule has 2 fully saturated rings. The number of alkyl halides is 3. The zero-order valence-electron chi connectivity index (χ0n) is 26.1. The van der Waals surface area contributed by atoms with Crippen LogP contribution in [-0.4, -0.2) is 70.7 Å². The molecule has 2 aromatic rings. The van der Waals surface area contributed by atoms with Gasteiger partial charge in [0, 0.05) is 18.5 Å². The molecule has 1 unspecified atom stereocenters. The number of benzene rings is 1. The maximum atomic E-state index is 12.8. The predicted octanol–water partition coefficient (Wildman–Crippen LogP) is 5.32. The summed E-state index contributed by atoms with van der Waals surface area (Å²) in [5, 5.41) is 2.58. The van der Waals surface area contributed by atoms with E-state index in [-0.39, 0.29) is 53.4 Å². The van der Waals surface area contributed by atoms with Crippen molar-refractivity contribution in [1.82, 2.24) is 20.2 Å². The summed E-state index contributed by atoms with van der Waals surface area (Å²) in [4.78, 5) is 59.2. The zero-order valence-corrected chi connectivity index (χ0v) is 26.1. The number of aryl methyl sites for hydroxylation is 1. The van der Waals surface area contributed by atoms with Crippen LogP contribution in [0, 0.1) is 17.8 Å². The third-order valence-corrected chi connectivity index (χ3v) is 8.74. The lowest BCUT2D eigenvalue weighted by atomic mass is 9.92. The fourth-order valence-electron chi connectivity index (χ4n) is 6.32. The number of carbonyl (C=O) groups excluding carboxylic acids is 3. The molecule has 1 aromatic heterocycles. The number of nitrogens with one attached hydrogen (secondary N) is 2. The molecule has 248 valence electrons. The Bertz CT molecular complexity index is 1410. The van der Waals surface area contributed by atoms with Crippen LogP contribution in [-0.2, 0) is 20.7 Å². The number of ketones is 1. The molecular formula is C32H43F3N4O6. The number of ether oxygens (including phenoxy) is 2. The molecule has 1 aliphatic carbocycles. The second-order valence-electron chi connectivity index (χ2n) is 12.5. The van der Waals surface area contributed by atoms with Gasteiger partial charge >= 0.3 is 12.3 Å². The Morgan fingerprint density at radius 2 is 1.91 bits per heavy atom. The van der Waals surface area contributed by atoms with E-state index >= 15 is 0 Å². The Hall–Kier alpha value is -3.64. The largest absolute Gasteiger partial charge is 0.484 e. The fraction of sp³-hybridized carbons (Fsp3) is 0.656. The molecule has 2 heterocycles. The molecule has 45 heavy (non-hydrogen) atoms. The van der Waals surface area contributed by atoms with Crippen LogP contribution in [0.2, 0.25) is 0 Å². The van der Waals surface area contributed by atoms with Crippen LogP contribution in [0.3, 0.4) is 0 Å². The highest BCUT2D eigenvalue weighted by Gasteiger charge is 2.40. The maximum absolute atomic E-state index is 12.8. The standard InChI is InChI=1S/C32H43F3N4O6/c1-19(2)29(41)28-20(3)14-15-39(28)27(40)17-36-31(43)45-26-11-7-9-21(26)8-5-4-6-10-24-30(42)38-25-16-22(12-13-23(25)37-24)44-18-32(33,34)35/h12-13,16,19-21,26,28H,4-11,14-15,17-18H2,1-3H3,(H,36,43)(H,38,42)/t20-,21-,26?,28+/m1/s1. The van der Waals surface area contributed by atoms with Crippen molar-refractivity contribution in [2.24, 2.45) is 17.8 Å². The molecule has 4 rings (SSSR count). The van der Waals surface area contributed by atoms with Crippen molar-refractivity contribution in [2.75, 3.05) is 19.7 Å².